The summed E-state index contributed by atoms with van der Waals surface area (Å²) in [6.45, 7) is 5.62. The third-order valence-electron chi connectivity index (χ3n) is 3.06. The first kappa shape index (κ1) is 12.1. The molecule has 0 aliphatic heterocycles. The maximum absolute atomic E-state index is 11.1. The lowest BCUT2D eigenvalue weighted by Gasteiger charge is -2.18. The fraction of sp³-hybridized carbons (Fsp3) is 0.357. The van der Waals surface area contributed by atoms with Gasteiger partial charge >= 0.3 is 5.97 Å². The topological polar surface area (TPSA) is 37.3 Å². The minimum absolute atomic E-state index is 0.565. The van der Waals surface area contributed by atoms with Gasteiger partial charge in [0.2, 0.25) is 0 Å². The third-order valence-corrected chi connectivity index (χ3v) is 4.12. The first-order valence-corrected chi connectivity index (χ1v) is 6.48. The van der Waals surface area contributed by atoms with Crippen molar-refractivity contribution < 1.29 is 9.90 Å². The Morgan fingerprint density at radius 1 is 1.41 bits per heavy atom. The molecule has 0 amide bonds. The summed E-state index contributed by atoms with van der Waals surface area (Å²) in [6.07, 6.45) is 0.565. The number of benzene rings is 1. The van der Waals surface area contributed by atoms with Crippen molar-refractivity contribution in [1.29, 1.82) is 0 Å². The van der Waals surface area contributed by atoms with Crippen LogP contribution < -0.4 is 0 Å². The van der Waals surface area contributed by atoms with Gasteiger partial charge in [0.25, 0.3) is 0 Å². The van der Waals surface area contributed by atoms with Crippen LogP contribution in [0, 0.1) is 12.3 Å². The van der Waals surface area contributed by atoms with Crippen LogP contribution in [0.4, 0.5) is 0 Å². The van der Waals surface area contributed by atoms with E-state index in [9.17, 15) is 4.79 Å². The van der Waals surface area contributed by atoms with Gasteiger partial charge in [-0.1, -0.05) is 12.1 Å². The average Bonchev–Trinajstić information content (AvgIpc) is 2.59. The van der Waals surface area contributed by atoms with E-state index in [1.165, 1.54) is 15.6 Å². The molecule has 1 heterocycles. The molecule has 0 aliphatic carbocycles. The van der Waals surface area contributed by atoms with E-state index in [4.69, 9.17) is 5.11 Å². The van der Waals surface area contributed by atoms with Crippen molar-refractivity contribution in [3.63, 3.8) is 0 Å². The smallest absolute Gasteiger partial charge is 0.309 e. The van der Waals surface area contributed by atoms with Crippen molar-refractivity contribution >= 4 is 27.4 Å². The summed E-state index contributed by atoms with van der Waals surface area (Å²) < 4.78 is 1.24. The first-order chi connectivity index (χ1) is 7.90. The van der Waals surface area contributed by atoms with Crippen LogP contribution in [0.3, 0.4) is 0 Å². The summed E-state index contributed by atoms with van der Waals surface area (Å²) in [5.41, 5.74) is 1.67. The molecule has 0 saturated heterocycles. The number of thiophene rings is 1. The van der Waals surface area contributed by atoms with Gasteiger partial charge in [0.1, 0.15) is 0 Å². The van der Waals surface area contributed by atoms with E-state index in [0.717, 1.165) is 5.56 Å². The first-order valence-electron chi connectivity index (χ1n) is 5.60. The van der Waals surface area contributed by atoms with Crippen molar-refractivity contribution in [3.05, 3.63) is 34.7 Å². The second kappa shape index (κ2) is 4.15. The molecule has 2 rings (SSSR count). The molecule has 3 heteroatoms. The molecule has 1 N–H and O–H groups in total. The highest BCUT2D eigenvalue weighted by Gasteiger charge is 2.27. The highest BCUT2D eigenvalue weighted by molar-refractivity contribution is 7.17. The van der Waals surface area contributed by atoms with Crippen LogP contribution in [-0.2, 0) is 11.2 Å². The normalized spacial score (nSPS) is 11.9. The molecule has 0 spiro atoms. The summed E-state index contributed by atoms with van der Waals surface area (Å²) in [6, 6.07) is 6.23. The predicted octanol–water partition coefficient (Wildman–Crippen LogP) is 3.86. The standard InChI is InChI=1S/C14H16O2S/c1-9-8-17-12-6-10(4-5-11(9)12)7-14(2,3)13(15)16/h4-6,8H,7H2,1-3H3,(H,15,16). The van der Waals surface area contributed by atoms with E-state index in [1.54, 1.807) is 25.2 Å². The van der Waals surface area contributed by atoms with Gasteiger partial charge in [0, 0.05) is 4.70 Å². The maximum Gasteiger partial charge on any atom is 0.309 e. The van der Waals surface area contributed by atoms with Crippen LogP contribution in [0.1, 0.15) is 25.0 Å². The number of hydrogen-bond donors (Lipinski definition) is 1. The largest absolute Gasteiger partial charge is 0.481 e. The van der Waals surface area contributed by atoms with E-state index >= 15 is 0 Å². The Hall–Kier alpha value is -1.35. The molecule has 0 atom stereocenters. The molecule has 0 unspecified atom stereocenters. The van der Waals surface area contributed by atoms with Crippen LogP contribution >= 0.6 is 11.3 Å². The molecule has 0 bridgehead atoms. The monoisotopic (exact) mass is 248 g/mol. The SMILES string of the molecule is Cc1csc2cc(CC(C)(C)C(=O)O)ccc12. The minimum Gasteiger partial charge on any atom is -0.481 e. The number of aryl methyl sites for hydroxylation is 1. The Morgan fingerprint density at radius 2 is 2.12 bits per heavy atom. The van der Waals surface area contributed by atoms with E-state index in [0.29, 0.717) is 6.42 Å². The van der Waals surface area contributed by atoms with Crippen molar-refractivity contribution in [3.8, 4) is 0 Å². The van der Waals surface area contributed by atoms with E-state index < -0.39 is 11.4 Å². The van der Waals surface area contributed by atoms with Crippen LogP contribution in [0.25, 0.3) is 10.1 Å². The van der Waals surface area contributed by atoms with Crippen LogP contribution in [0.5, 0.6) is 0 Å². The lowest BCUT2D eigenvalue weighted by Crippen LogP contribution is -2.26. The molecule has 0 radical (unpaired) electrons. The van der Waals surface area contributed by atoms with Crippen molar-refractivity contribution in [1.82, 2.24) is 0 Å². The zero-order valence-electron chi connectivity index (χ0n) is 10.3. The molecule has 1 aromatic carbocycles. The summed E-state index contributed by atoms with van der Waals surface area (Å²) >= 11 is 1.72. The van der Waals surface area contributed by atoms with Crippen LogP contribution in [0.2, 0.25) is 0 Å². The number of aliphatic carboxylic acids is 1. The molecular formula is C14H16O2S. The van der Waals surface area contributed by atoms with E-state index in [1.807, 2.05) is 6.07 Å². The molecule has 17 heavy (non-hydrogen) atoms. The zero-order valence-corrected chi connectivity index (χ0v) is 11.1. The third kappa shape index (κ3) is 2.34. The zero-order chi connectivity index (χ0) is 12.6. The van der Waals surface area contributed by atoms with Gasteiger partial charge in [-0.25, -0.2) is 0 Å². The highest BCUT2D eigenvalue weighted by atomic mass is 32.1. The number of carboxylic acids is 1. The van der Waals surface area contributed by atoms with Crippen LogP contribution in [-0.4, -0.2) is 11.1 Å². The second-order valence-corrected chi connectivity index (χ2v) is 6.03. The van der Waals surface area contributed by atoms with Crippen LogP contribution in [0.15, 0.2) is 23.6 Å². The molecule has 90 valence electrons. The van der Waals surface area contributed by atoms with E-state index in [2.05, 4.69) is 24.4 Å². The van der Waals surface area contributed by atoms with Gasteiger partial charge in [-0.3, -0.25) is 4.79 Å². The maximum atomic E-state index is 11.1. The van der Waals surface area contributed by atoms with E-state index in [-0.39, 0.29) is 0 Å². The summed E-state index contributed by atoms with van der Waals surface area (Å²) in [7, 11) is 0. The quantitative estimate of drug-likeness (QED) is 0.895. The van der Waals surface area contributed by atoms with Gasteiger partial charge in [-0.05, 0) is 55.2 Å². The van der Waals surface area contributed by atoms with Gasteiger partial charge < -0.3 is 5.11 Å². The highest BCUT2D eigenvalue weighted by Crippen LogP contribution is 2.29. The lowest BCUT2D eigenvalue weighted by atomic mass is 9.86. The van der Waals surface area contributed by atoms with Crippen molar-refractivity contribution in [2.24, 2.45) is 5.41 Å². The van der Waals surface area contributed by atoms with Crippen molar-refractivity contribution in [2.45, 2.75) is 27.2 Å². The summed E-state index contributed by atoms with van der Waals surface area (Å²) in [5, 5.41) is 12.5. The number of fused-ring (bicyclic) bond motifs is 1. The van der Waals surface area contributed by atoms with Gasteiger partial charge in [0.05, 0.1) is 5.41 Å². The fourth-order valence-corrected chi connectivity index (χ4v) is 2.91. The second-order valence-electron chi connectivity index (χ2n) is 5.12. The molecular weight excluding hydrogens is 232 g/mol. The number of hydrogen-bond acceptors (Lipinski definition) is 2. The Labute approximate surface area is 105 Å². The number of carboxylic acid groups (broad SMARTS) is 1. The molecule has 0 saturated carbocycles. The molecule has 1 aromatic heterocycles. The minimum atomic E-state index is -0.750. The van der Waals surface area contributed by atoms with Gasteiger partial charge in [0.15, 0.2) is 0 Å². The molecule has 2 aromatic rings. The Kier molecular flexibility index (Phi) is 2.96. The Morgan fingerprint density at radius 3 is 2.76 bits per heavy atom. The average molecular weight is 248 g/mol. The summed E-state index contributed by atoms with van der Waals surface area (Å²) in [4.78, 5) is 11.1. The van der Waals surface area contributed by atoms with Crippen molar-refractivity contribution in [2.75, 3.05) is 0 Å². The van der Waals surface area contributed by atoms with Gasteiger partial charge in [-0.15, -0.1) is 11.3 Å². The molecule has 0 aliphatic rings. The fourth-order valence-electron chi connectivity index (χ4n) is 1.90. The number of carbonyl (C=O) groups is 1. The Bertz CT molecular complexity index is 567. The summed E-state index contributed by atoms with van der Waals surface area (Å²) in [5.74, 6) is -0.750. The lowest BCUT2D eigenvalue weighted by molar-refractivity contribution is -0.146. The predicted molar refractivity (Wildman–Crippen MR) is 71.7 cm³/mol. The van der Waals surface area contributed by atoms with Gasteiger partial charge in [-0.2, -0.15) is 0 Å². The Balaban J connectivity index is 2.34. The molecule has 0 fully saturated rings. The number of rotatable bonds is 3. The molecule has 2 nitrogen and oxygen atoms in total.